The summed E-state index contributed by atoms with van der Waals surface area (Å²) in [4.78, 5) is 22.4. The number of hydrogen-bond acceptors (Lipinski definition) is 4. The van der Waals surface area contributed by atoms with E-state index in [0.717, 1.165) is 17.5 Å². The highest BCUT2D eigenvalue weighted by molar-refractivity contribution is 5.90. The number of carbonyl (C=O) groups is 2. The van der Waals surface area contributed by atoms with Crippen molar-refractivity contribution in [3.05, 3.63) is 29.8 Å². The van der Waals surface area contributed by atoms with Crippen LogP contribution in [0.5, 0.6) is 0 Å². The molecule has 0 spiro atoms. The summed E-state index contributed by atoms with van der Waals surface area (Å²) in [5, 5.41) is 2.98. The van der Waals surface area contributed by atoms with Gasteiger partial charge in [-0.3, -0.25) is 0 Å². The summed E-state index contributed by atoms with van der Waals surface area (Å²) in [6.07, 6.45) is 0.778. The second-order valence-electron chi connectivity index (χ2n) is 3.39. The third-order valence-electron chi connectivity index (χ3n) is 2.59. The van der Waals surface area contributed by atoms with E-state index in [1.54, 1.807) is 0 Å². The minimum Gasteiger partial charge on any atom is -0.467 e. The number of anilines is 1. The fourth-order valence-electron chi connectivity index (χ4n) is 1.84. The molecular weight excluding hydrogens is 194 g/mol. The van der Waals surface area contributed by atoms with Crippen LogP contribution in [0.3, 0.4) is 0 Å². The van der Waals surface area contributed by atoms with Gasteiger partial charge >= 0.3 is 5.97 Å². The third kappa shape index (κ3) is 1.48. The van der Waals surface area contributed by atoms with E-state index in [1.165, 1.54) is 7.11 Å². The van der Waals surface area contributed by atoms with E-state index in [4.69, 9.17) is 0 Å². The normalized spacial score (nSPS) is 22.7. The van der Waals surface area contributed by atoms with Crippen molar-refractivity contribution in [1.29, 1.82) is 0 Å². The van der Waals surface area contributed by atoms with Gasteiger partial charge in [0.25, 0.3) is 0 Å². The van der Waals surface area contributed by atoms with Crippen LogP contribution in [0.15, 0.2) is 24.3 Å². The third-order valence-corrected chi connectivity index (χ3v) is 2.59. The summed E-state index contributed by atoms with van der Waals surface area (Å²) < 4.78 is 4.64. The summed E-state index contributed by atoms with van der Waals surface area (Å²) in [5.41, 5.74) is 1.67. The van der Waals surface area contributed by atoms with E-state index in [9.17, 15) is 9.59 Å². The van der Waals surface area contributed by atoms with Gasteiger partial charge in [0.15, 0.2) is 0 Å². The van der Waals surface area contributed by atoms with Gasteiger partial charge in [-0.1, -0.05) is 18.2 Å². The molecule has 0 bridgehead atoms. The van der Waals surface area contributed by atoms with Gasteiger partial charge in [0.1, 0.15) is 12.3 Å². The van der Waals surface area contributed by atoms with Crippen LogP contribution in [0.2, 0.25) is 0 Å². The molecule has 0 saturated heterocycles. The van der Waals surface area contributed by atoms with E-state index in [-0.39, 0.29) is 0 Å². The number of carbonyl (C=O) groups excluding carboxylic acids is 2. The first-order valence-electron chi connectivity index (χ1n) is 4.66. The van der Waals surface area contributed by atoms with Gasteiger partial charge in [-0.2, -0.15) is 0 Å². The van der Waals surface area contributed by atoms with Crippen LogP contribution >= 0.6 is 0 Å². The highest BCUT2D eigenvalue weighted by Gasteiger charge is 2.37. The lowest BCUT2D eigenvalue weighted by atomic mass is 9.97. The number of nitrogens with one attached hydrogen (secondary N) is 1. The van der Waals surface area contributed by atoms with Crippen molar-refractivity contribution in [2.24, 2.45) is 0 Å². The lowest BCUT2D eigenvalue weighted by Gasteiger charge is -2.12. The Hall–Kier alpha value is -1.84. The number of ether oxygens (including phenoxy) is 1. The Labute approximate surface area is 87.2 Å². The van der Waals surface area contributed by atoms with Gasteiger partial charge in [0.05, 0.1) is 13.0 Å². The molecule has 0 radical (unpaired) electrons. The molecule has 2 unspecified atom stereocenters. The topological polar surface area (TPSA) is 55.4 Å². The van der Waals surface area contributed by atoms with E-state index in [1.807, 2.05) is 24.3 Å². The lowest BCUT2D eigenvalue weighted by molar-refractivity contribution is -0.142. The highest BCUT2D eigenvalue weighted by Crippen LogP contribution is 2.34. The van der Waals surface area contributed by atoms with Crippen molar-refractivity contribution in [3.63, 3.8) is 0 Å². The molecule has 1 aliphatic heterocycles. The smallest absolute Gasteiger partial charge is 0.329 e. The number of fused-ring (bicyclic) bond motifs is 1. The Bertz CT molecular complexity index is 403. The molecule has 1 aromatic rings. The first-order valence-corrected chi connectivity index (χ1v) is 4.66. The molecule has 4 nitrogen and oxygen atoms in total. The molecule has 1 heterocycles. The number of hydrogen-bond donors (Lipinski definition) is 1. The Kier molecular flexibility index (Phi) is 2.41. The number of benzene rings is 1. The standard InChI is InChI=1S/C11H11NO3/c1-15-11(14)10-8(6-13)7-4-2-3-5-9(7)12-10/h2-6,8,10,12H,1H3. The van der Waals surface area contributed by atoms with Crippen molar-refractivity contribution >= 4 is 17.9 Å². The maximum atomic E-state index is 11.4. The molecule has 0 amide bonds. The van der Waals surface area contributed by atoms with Gasteiger partial charge in [-0.15, -0.1) is 0 Å². The van der Waals surface area contributed by atoms with Crippen molar-refractivity contribution in [2.45, 2.75) is 12.0 Å². The fourth-order valence-corrected chi connectivity index (χ4v) is 1.84. The molecule has 15 heavy (non-hydrogen) atoms. The average Bonchev–Trinajstić information content (AvgIpc) is 2.66. The number of rotatable bonds is 2. The first kappa shape index (κ1) is 9.71. The fraction of sp³-hybridized carbons (Fsp3) is 0.273. The Morgan fingerprint density at radius 3 is 2.87 bits per heavy atom. The summed E-state index contributed by atoms with van der Waals surface area (Å²) in [6.45, 7) is 0. The number of methoxy groups -OCH3 is 1. The van der Waals surface area contributed by atoms with Crippen molar-refractivity contribution in [2.75, 3.05) is 12.4 Å². The molecule has 78 valence electrons. The molecule has 2 atom stereocenters. The van der Waals surface area contributed by atoms with Crippen LogP contribution in [0.25, 0.3) is 0 Å². The zero-order chi connectivity index (χ0) is 10.8. The van der Waals surface area contributed by atoms with E-state index in [2.05, 4.69) is 10.1 Å². The maximum Gasteiger partial charge on any atom is 0.329 e. The molecule has 0 aliphatic carbocycles. The van der Waals surface area contributed by atoms with Crippen molar-refractivity contribution in [1.82, 2.24) is 0 Å². The average molecular weight is 205 g/mol. The molecule has 1 aromatic carbocycles. The number of para-hydroxylation sites is 1. The summed E-state index contributed by atoms with van der Waals surface area (Å²) >= 11 is 0. The summed E-state index contributed by atoms with van der Waals surface area (Å²) in [7, 11) is 1.31. The quantitative estimate of drug-likeness (QED) is 0.576. The molecule has 1 N–H and O–H groups in total. The largest absolute Gasteiger partial charge is 0.467 e. The monoisotopic (exact) mass is 205 g/mol. The number of aldehydes is 1. The Morgan fingerprint density at radius 2 is 2.20 bits per heavy atom. The van der Waals surface area contributed by atoms with Crippen molar-refractivity contribution in [3.8, 4) is 0 Å². The second-order valence-corrected chi connectivity index (χ2v) is 3.39. The zero-order valence-electron chi connectivity index (χ0n) is 8.27. The van der Waals surface area contributed by atoms with E-state index in [0.29, 0.717) is 0 Å². The second kappa shape index (κ2) is 3.73. The van der Waals surface area contributed by atoms with Crippen LogP contribution in [0.4, 0.5) is 5.69 Å². The maximum absolute atomic E-state index is 11.4. The van der Waals surface area contributed by atoms with Gasteiger partial charge in [0.2, 0.25) is 0 Å². The summed E-state index contributed by atoms with van der Waals surface area (Å²) in [5.74, 6) is -0.864. The van der Waals surface area contributed by atoms with Gasteiger partial charge in [-0.05, 0) is 11.6 Å². The van der Waals surface area contributed by atoms with Crippen LogP contribution in [-0.2, 0) is 14.3 Å². The van der Waals surface area contributed by atoms with Crippen molar-refractivity contribution < 1.29 is 14.3 Å². The zero-order valence-corrected chi connectivity index (χ0v) is 8.27. The van der Waals surface area contributed by atoms with Crippen LogP contribution < -0.4 is 5.32 Å². The summed E-state index contributed by atoms with van der Waals surface area (Å²) in [6, 6.07) is 6.79. The first-order chi connectivity index (χ1) is 7.27. The Balaban J connectivity index is 2.36. The van der Waals surface area contributed by atoms with Gasteiger partial charge in [0, 0.05) is 5.69 Å². The molecule has 0 fully saturated rings. The minimum absolute atomic E-state index is 0.414. The van der Waals surface area contributed by atoms with E-state index >= 15 is 0 Å². The van der Waals surface area contributed by atoms with E-state index < -0.39 is 17.9 Å². The molecular formula is C11H11NO3. The molecule has 0 aromatic heterocycles. The molecule has 2 rings (SSSR count). The van der Waals surface area contributed by atoms with Gasteiger partial charge < -0.3 is 14.8 Å². The molecule has 0 saturated carbocycles. The van der Waals surface area contributed by atoms with Crippen LogP contribution in [-0.4, -0.2) is 25.4 Å². The molecule has 4 heteroatoms. The predicted octanol–water partition coefficient (Wildman–Crippen LogP) is 0.936. The minimum atomic E-state index is -0.593. The predicted molar refractivity (Wildman–Crippen MR) is 54.7 cm³/mol. The van der Waals surface area contributed by atoms with Gasteiger partial charge in [-0.25, -0.2) is 4.79 Å². The highest BCUT2D eigenvalue weighted by atomic mass is 16.5. The van der Waals surface area contributed by atoms with Crippen LogP contribution in [0.1, 0.15) is 11.5 Å². The number of esters is 1. The SMILES string of the molecule is COC(=O)C1Nc2ccccc2C1C=O. The Morgan fingerprint density at radius 1 is 1.47 bits per heavy atom. The van der Waals surface area contributed by atoms with Crippen LogP contribution in [0, 0.1) is 0 Å². The lowest BCUT2D eigenvalue weighted by Crippen LogP contribution is -2.32. The molecule has 1 aliphatic rings.